The van der Waals surface area contributed by atoms with Crippen LogP contribution in [0.3, 0.4) is 0 Å². The fourth-order valence-electron chi connectivity index (χ4n) is 1.17. The lowest BCUT2D eigenvalue weighted by molar-refractivity contribution is -0.385. The molecule has 0 unspecified atom stereocenters. The molecule has 0 aliphatic carbocycles. The smallest absolute Gasteiger partial charge is 0.338 e. The average Bonchev–Trinajstić information content (AvgIpc) is 2.36. The molecule has 0 fully saturated rings. The van der Waals surface area contributed by atoms with Gasteiger partial charge in [-0.05, 0) is 12.1 Å². The molecule has 0 spiro atoms. The first-order valence-electron chi connectivity index (χ1n) is 5.20. The SMILES string of the molecule is CCC(=O)OC(=O)C=Cc1ccccc1[N+](=O)[O-]. The Morgan fingerprint density at radius 2 is 2.06 bits per heavy atom. The molecule has 1 aromatic rings. The van der Waals surface area contributed by atoms with Crippen molar-refractivity contribution in [1.82, 2.24) is 0 Å². The zero-order valence-corrected chi connectivity index (χ0v) is 9.66. The van der Waals surface area contributed by atoms with Gasteiger partial charge in [0.2, 0.25) is 0 Å². The van der Waals surface area contributed by atoms with Crippen molar-refractivity contribution in [3.8, 4) is 0 Å². The maximum absolute atomic E-state index is 11.2. The lowest BCUT2D eigenvalue weighted by Gasteiger charge is -1.97. The van der Waals surface area contributed by atoms with Crippen LogP contribution in [0.2, 0.25) is 0 Å². The quantitative estimate of drug-likeness (QED) is 0.268. The highest BCUT2D eigenvalue weighted by Crippen LogP contribution is 2.18. The van der Waals surface area contributed by atoms with Crippen molar-refractivity contribution < 1.29 is 19.2 Å². The lowest BCUT2D eigenvalue weighted by Crippen LogP contribution is -2.08. The average molecular weight is 249 g/mol. The van der Waals surface area contributed by atoms with Crippen molar-refractivity contribution in [2.45, 2.75) is 13.3 Å². The summed E-state index contributed by atoms with van der Waals surface area (Å²) in [7, 11) is 0. The second-order valence-electron chi connectivity index (χ2n) is 3.30. The topological polar surface area (TPSA) is 86.5 Å². The predicted octanol–water partition coefficient (Wildman–Crippen LogP) is 2.09. The van der Waals surface area contributed by atoms with E-state index in [2.05, 4.69) is 4.74 Å². The molecular formula is C12H11NO5. The van der Waals surface area contributed by atoms with Crippen LogP contribution in [0.4, 0.5) is 5.69 Å². The molecule has 18 heavy (non-hydrogen) atoms. The third-order valence-electron chi connectivity index (χ3n) is 2.04. The molecule has 0 aliphatic heterocycles. The zero-order chi connectivity index (χ0) is 13.5. The Kier molecular flexibility index (Phi) is 4.74. The van der Waals surface area contributed by atoms with Crippen molar-refractivity contribution in [3.63, 3.8) is 0 Å². The van der Waals surface area contributed by atoms with Gasteiger partial charge in [0.05, 0.1) is 10.5 Å². The molecule has 0 N–H and O–H groups in total. The summed E-state index contributed by atoms with van der Waals surface area (Å²) >= 11 is 0. The Balaban J connectivity index is 2.81. The van der Waals surface area contributed by atoms with Crippen molar-refractivity contribution in [1.29, 1.82) is 0 Å². The van der Waals surface area contributed by atoms with E-state index in [9.17, 15) is 19.7 Å². The molecule has 6 heteroatoms. The Bertz CT molecular complexity index is 507. The molecule has 0 saturated carbocycles. The molecule has 6 nitrogen and oxygen atoms in total. The normalized spacial score (nSPS) is 10.3. The van der Waals surface area contributed by atoms with E-state index in [1.165, 1.54) is 24.3 Å². The van der Waals surface area contributed by atoms with Crippen LogP contribution in [-0.2, 0) is 14.3 Å². The van der Waals surface area contributed by atoms with E-state index in [1.807, 2.05) is 0 Å². The van der Waals surface area contributed by atoms with Crippen LogP contribution >= 0.6 is 0 Å². The van der Waals surface area contributed by atoms with E-state index in [0.717, 1.165) is 6.08 Å². The highest BCUT2D eigenvalue weighted by molar-refractivity contribution is 5.95. The molecule has 0 saturated heterocycles. The molecule has 0 bridgehead atoms. The predicted molar refractivity (Wildman–Crippen MR) is 63.5 cm³/mol. The van der Waals surface area contributed by atoms with E-state index in [-0.39, 0.29) is 17.7 Å². The van der Waals surface area contributed by atoms with Crippen molar-refractivity contribution in [2.24, 2.45) is 0 Å². The minimum atomic E-state index is -0.847. The second kappa shape index (κ2) is 6.29. The highest BCUT2D eigenvalue weighted by atomic mass is 16.6. The molecule has 1 rings (SSSR count). The molecule has 1 aromatic carbocycles. The van der Waals surface area contributed by atoms with Gasteiger partial charge in [-0.1, -0.05) is 19.1 Å². The minimum absolute atomic E-state index is 0.0884. The Morgan fingerprint density at radius 1 is 1.39 bits per heavy atom. The van der Waals surface area contributed by atoms with Gasteiger partial charge < -0.3 is 4.74 Å². The second-order valence-corrected chi connectivity index (χ2v) is 3.30. The standard InChI is InChI=1S/C12H11NO5/c1-2-11(14)18-12(15)8-7-9-5-3-4-6-10(9)13(16)17/h3-8H,2H2,1H3. The van der Waals surface area contributed by atoms with E-state index in [1.54, 1.807) is 13.0 Å². The minimum Gasteiger partial charge on any atom is -0.390 e. The highest BCUT2D eigenvalue weighted by Gasteiger charge is 2.10. The summed E-state index contributed by atoms with van der Waals surface area (Å²) in [4.78, 5) is 32.1. The number of esters is 2. The number of nitro benzene ring substituents is 1. The third-order valence-corrected chi connectivity index (χ3v) is 2.04. The number of para-hydroxylation sites is 1. The summed E-state index contributed by atoms with van der Waals surface area (Å²) in [6, 6.07) is 5.94. The van der Waals surface area contributed by atoms with Crippen LogP contribution in [0.15, 0.2) is 30.3 Å². The van der Waals surface area contributed by atoms with Gasteiger partial charge in [0.15, 0.2) is 0 Å². The van der Waals surface area contributed by atoms with Crippen LogP contribution in [0, 0.1) is 10.1 Å². The summed E-state index contributed by atoms with van der Waals surface area (Å²) in [6.07, 6.45) is 2.31. The van der Waals surface area contributed by atoms with Crippen LogP contribution in [-0.4, -0.2) is 16.9 Å². The Hall–Kier alpha value is -2.50. The Morgan fingerprint density at radius 3 is 2.67 bits per heavy atom. The van der Waals surface area contributed by atoms with Crippen LogP contribution in [0.1, 0.15) is 18.9 Å². The molecule has 0 amide bonds. The molecular weight excluding hydrogens is 238 g/mol. The molecule has 0 atom stereocenters. The Labute approximate surface area is 103 Å². The summed E-state index contributed by atoms with van der Waals surface area (Å²) in [5.74, 6) is -1.49. The fraction of sp³-hybridized carbons (Fsp3) is 0.167. The maximum atomic E-state index is 11.2. The first kappa shape index (κ1) is 13.6. The number of benzene rings is 1. The van der Waals surface area contributed by atoms with E-state index < -0.39 is 16.9 Å². The molecule has 94 valence electrons. The monoisotopic (exact) mass is 249 g/mol. The van der Waals surface area contributed by atoms with E-state index in [4.69, 9.17) is 0 Å². The summed E-state index contributed by atoms with van der Waals surface area (Å²) in [5, 5.41) is 10.7. The summed E-state index contributed by atoms with van der Waals surface area (Å²) < 4.78 is 4.39. The zero-order valence-electron chi connectivity index (χ0n) is 9.66. The fourth-order valence-corrected chi connectivity index (χ4v) is 1.17. The summed E-state index contributed by atoms with van der Waals surface area (Å²) in [5.41, 5.74) is 0.145. The summed E-state index contributed by atoms with van der Waals surface area (Å²) in [6.45, 7) is 1.56. The largest absolute Gasteiger partial charge is 0.390 e. The number of carbonyl (C=O) groups excluding carboxylic acids is 2. The van der Waals surface area contributed by atoms with E-state index >= 15 is 0 Å². The van der Waals surface area contributed by atoms with Gasteiger partial charge in [0.25, 0.3) is 5.69 Å². The number of nitro groups is 1. The van der Waals surface area contributed by atoms with Gasteiger partial charge in [-0.25, -0.2) is 4.79 Å². The van der Waals surface area contributed by atoms with Crippen LogP contribution in [0.5, 0.6) is 0 Å². The van der Waals surface area contributed by atoms with Gasteiger partial charge in [0.1, 0.15) is 0 Å². The van der Waals surface area contributed by atoms with Gasteiger partial charge >= 0.3 is 11.9 Å². The van der Waals surface area contributed by atoms with Crippen LogP contribution in [0.25, 0.3) is 6.08 Å². The lowest BCUT2D eigenvalue weighted by atomic mass is 10.1. The third kappa shape index (κ3) is 3.82. The van der Waals surface area contributed by atoms with Crippen molar-refractivity contribution >= 4 is 23.7 Å². The number of hydrogen-bond donors (Lipinski definition) is 0. The van der Waals surface area contributed by atoms with Crippen LogP contribution < -0.4 is 0 Å². The molecule has 0 aromatic heterocycles. The molecule has 0 aliphatic rings. The van der Waals surface area contributed by atoms with Gasteiger partial charge in [-0.15, -0.1) is 0 Å². The molecule has 0 radical (unpaired) electrons. The number of rotatable bonds is 4. The van der Waals surface area contributed by atoms with Crippen molar-refractivity contribution in [3.05, 3.63) is 46.0 Å². The number of nitrogens with zero attached hydrogens (tertiary/aromatic N) is 1. The van der Waals surface area contributed by atoms with Gasteiger partial charge in [-0.3, -0.25) is 14.9 Å². The molecule has 0 heterocycles. The van der Waals surface area contributed by atoms with E-state index in [0.29, 0.717) is 0 Å². The number of ether oxygens (including phenoxy) is 1. The van der Waals surface area contributed by atoms with Gasteiger partial charge in [0, 0.05) is 18.6 Å². The van der Waals surface area contributed by atoms with Gasteiger partial charge in [-0.2, -0.15) is 0 Å². The first-order valence-corrected chi connectivity index (χ1v) is 5.20. The maximum Gasteiger partial charge on any atom is 0.338 e. The van der Waals surface area contributed by atoms with Crippen molar-refractivity contribution in [2.75, 3.05) is 0 Å². The first-order chi connectivity index (χ1) is 8.54. The number of hydrogen-bond acceptors (Lipinski definition) is 5. The number of carbonyl (C=O) groups is 2.